The summed E-state index contributed by atoms with van der Waals surface area (Å²) >= 11 is 0. The summed E-state index contributed by atoms with van der Waals surface area (Å²) in [5.74, 6) is 0.710. The Morgan fingerprint density at radius 1 is 1.25 bits per heavy atom. The molecule has 1 aliphatic rings. The summed E-state index contributed by atoms with van der Waals surface area (Å²) in [5.41, 5.74) is 2.24. The number of quaternary nitrogens is 1. The number of fused-ring (bicyclic) bond motifs is 1. The Hall–Kier alpha value is -2.58. The summed E-state index contributed by atoms with van der Waals surface area (Å²) in [4.78, 5) is 17.5. The molecule has 1 aromatic carbocycles. The Labute approximate surface area is 163 Å². The highest BCUT2D eigenvalue weighted by atomic mass is 16.5. The minimum atomic E-state index is -0.289. The van der Waals surface area contributed by atoms with E-state index in [0.717, 1.165) is 29.6 Å². The van der Waals surface area contributed by atoms with Crippen molar-refractivity contribution in [2.75, 3.05) is 26.3 Å². The highest BCUT2D eigenvalue weighted by Crippen LogP contribution is 2.23. The van der Waals surface area contributed by atoms with Crippen molar-refractivity contribution < 1.29 is 9.64 Å². The van der Waals surface area contributed by atoms with E-state index in [1.165, 1.54) is 4.90 Å². The van der Waals surface area contributed by atoms with Gasteiger partial charge in [0.2, 0.25) is 5.82 Å². The third-order valence-electron chi connectivity index (χ3n) is 5.36. The molecule has 0 saturated carbocycles. The largest absolute Gasteiger partial charge is 0.370 e. The minimum Gasteiger partial charge on any atom is -0.370 e. The number of morpholine rings is 1. The van der Waals surface area contributed by atoms with E-state index in [0.29, 0.717) is 24.6 Å². The van der Waals surface area contributed by atoms with E-state index in [9.17, 15) is 4.79 Å². The summed E-state index contributed by atoms with van der Waals surface area (Å²) in [6, 6.07) is 7.78. The van der Waals surface area contributed by atoms with Crippen molar-refractivity contribution in [2.24, 2.45) is 0 Å². The lowest BCUT2D eigenvalue weighted by atomic mass is 10.0. The number of H-pyrrole nitrogens is 1. The summed E-state index contributed by atoms with van der Waals surface area (Å²) in [5, 5.41) is 13.6. The third kappa shape index (κ3) is 3.33. The molecule has 1 saturated heterocycles. The van der Waals surface area contributed by atoms with Gasteiger partial charge in [0.25, 0.3) is 5.56 Å². The minimum absolute atomic E-state index is 0.0887. The van der Waals surface area contributed by atoms with E-state index in [1.807, 2.05) is 35.9 Å². The molecule has 148 valence electrons. The van der Waals surface area contributed by atoms with E-state index < -0.39 is 0 Å². The highest BCUT2D eigenvalue weighted by Gasteiger charge is 2.37. The summed E-state index contributed by atoms with van der Waals surface area (Å²) in [7, 11) is 0. The maximum Gasteiger partial charge on any atom is 0.258 e. The molecule has 8 heteroatoms. The second-order valence-electron chi connectivity index (χ2n) is 8.42. The molecule has 0 amide bonds. The van der Waals surface area contributed by atoms with Crippen LogP contribution in [0.1, 0.15) is 43.8 Å². The Kier molecular flexibility index (Phi) is 4.76. The van der Waals surface area contributed by atoms with Gasteiger partial charge in [0.15, 0.2) is 6.04 Å². The quantitative estimate of drug-likeness (QED) is 0.691. The molecule has 2 N–H and O–H groups in total. The summed E-state index contributed by atoms with van der Waals surface area (Å²) < 4.78 is 7.38. The van der Waals surface area contributed by atoms with E-state index in [4.69, 9.17) is 4.74 Å². The fourth-order valence-electron chi connectivity index (χ4n) is 3.93. The van der Waals surface area contributed by atoms with Crippen molar-refractivity contribution in [3.05, 3.63) is 51.6 Å². The zero-order valence-electron chi connectivity index (χ0n) is 16.8. The van der Waals surface area contributed by atoms with Gasteiger partial charge in [0.05, 0.1) is 29.8 Å². The lowest BCUT2D eigenvalue weighted by molar-refractivity contribution is -0.934. The zero-order chi connectivity index (χ0) is 19.9. The van der Waals surface area contributed by atoms with Gasteiger partial charge in [-0.3, -0.25) is 4.79 Å². The first-order chi connectivity index (χ1) is 13.4. The predicted molar refractivity (Wildman–Crippen MR) is 105 cm³/mol. The average molecular weight is 383 g/mol. The van der Waals surface area contributed by atoms with Crippen LogP contribution in [0.5, 0.6) is 0 Å². The van der Waals surface area contributed by atoms with E-state index >= 15 is 0 Å². The van der Waals surface area contributed by atoms with Crippen molar-refractivity contribution in [2.45, 2.75) is 39.3 Å². The molecule has 1 fully saturated rings. The monoisotopic (exact) mass is 383 g/mol. The van der Waals surface area contributed by atoms with Gasteiger partial charge in [-0.2, -0.15) is 0 Å². The first-order valence-electron chi connectivity index (χ1n) is 9.70. The fourth-order valence-corrected chi connectivity index (χ4v) is 3.93. The summed E-state index contributed by atoms with van der Waals surface area (Å²) in [6.45, 7) is 11.1. The van der Waals surface area contributed by atoms with Crippen LogP contribution in [0.3, 0.4) is 0 Å². The molecule has 3 heterocycles. The number of rotatable bonds is 3. The van der Waals surface area contributed by atoms with Crippen LogP contribution in [0.25, 0.3) is 10.9 Å². The molecule has 28 heavy (non-hydrogen) atoms. The van der Waals surface area contributed by atoms with Crippen LogP contribution in [0.2, 0.25) is 0 Å². The van der Waals surface area contributed by atoms with E-state index in [2.05, 4.69) is 41.3 Å². The molecule has 4 rings (SSSR count). The van der Waals surface area contributed by atoms with Gasteiger partial charge in [-0.25, -0.2) is 4.68 Å². The number of nitrogens with one attached hydrogen (secondary N) is 2. The standard InChI is InChI=1S/C20H26N6O2/c1-13-6-5-7-14-12-15(19(27)21-16(13)14)17(25-8-10-28-11-9-25)18-22-23-24-26(18)20(2,3)4/h5-7,12,17H,8-11H2,1-4H3,(H,21,27)/p+1/t17-/m1/s1. The molecule has 2 aromatic heterocycles. The maximum atomic E-state index is 13.1. The van der Waals surface area contributed by atoms with Crippen molar-refractivity contribution in [1.82, 2.24) is 25.2 Å². The number of benzene rings is 1. The Morgan fingerprint density at radius 2 is 2.00 bits per heavy atom. The molecule has 0 bridgehead atoms. The predicted octanol–water partition coefficient (Wildman–Crippen LogP) is 0.583. The van der Waals surface area contributed by atoms with Crippen molar-refractivity contribution in [3.8, 4) is 0 Å². The highest BCUT2D eigenvalue weighted by molar-refractivity contribution is 5.82. The number of pyridine rings is 1. The fraction of sp³-hybridized carbons (Fsp3) is 0.500. The molecule has 8 nitrogen and oxygen atoms in total. The lowest BCUT2D eigenvalue weighted by Crippen LogP contribution is -3.14. The third-order valence-corrected chi connectivity index (χ3v) is 5.36. The molecular formula is C20H27N6O2+. The van der Waals surface area contributed by atoms with Gasteiger partial charge in [-0.1, -0.05) is 18.2 Å². The number of nitrogens with zero attached hydrogens (tertiary/aromatic N) is 4. The Morgan fingerprint density at radius 3 is 2.71 bits per heavy atom. The van der Waals surface area contributed by atoms with Gasteiger partial charge < -0.3 is 14.6 Å². The number of hydrogen-bond acceptors (Lipinski definition) is 5. The van der Waals surface area contributed by atoms with Crippen LogP contribution < -0.4 is 10.5 Å². The summed E-state index contributed by atoms with van der Waals surface area (Å²) in [6.07, 6.45) is 0. The number of ether oxygens (including phenoxy) is 1. The Balaban J connectivity index is 1.92. The lowest BCUT2D eigenvalue weighted by Gasteiger charge is -2.32. The topological polar surface area (TPSA) is 90.1 Å². The molecule has 1 aliphatic heterocycles. The van der Waals surface area contributed by atoms with Crippen LogP contribution in [-0.2, 0) is 10.3 Å². The second kappa shape index (κ2) is 7.10. The molecule has 1 atom stereocenters. The molecule has 0 aliphatic carbocycles. The van der Waals surface area contributed by atoms with Gasteiger partial charge in [0.1, 0.15) is 13.1 Å². The number of aromatic nitrogens is 5. The SMILES string of the molecule is Cc1cccc2cc([C@H](c3nnnn3C(C)(C)C)[NH+]3CCOCC3)c(=O)[nH]c12. The van der Waals surface area contributed by atoms with Gasteiger partial charge in [0, 0.05) is 0 Å². The van der Waals surface area contributed by atoms with Crippen LogP contribution in [0.4, 0.5) is 0 Å². The number of hydrogen-bond donors (Lipinski definition) is 2. The number of aromatic amines is 1. The zero-order valence-corrected chi connectivity index (χ0v) is 16.8. The van der Waals surface area contributed by atoms with Crippen LogP contribution in [0, 0.1) is 6.92 Å². The smallest absolute Gasteiger partial charge is 0.258 e. The second-order valence-corrected chi connectivity index (χ2v) is 8.42. The number of aryl methyl sites for hydroxylation is 1. The normalized spacial score (nSPS) is 17.1. The van der Waals surface area contributed by atoms with E-state index in [1.54, 1.807) is 0 Å². The molecule has 0 radical (unpaired) electrons. The van der Waals surface area contributed by atoms with Crippen molar-refractivity contribution >= 4 is 10.9 Å². The maximum absolute atomic E-state index is 13.1. The molecule has 3 aromatic rings. The van der Waals surface area contributed by atoms with E-state index in [-0.39, 0.29) is 17.1 Å². The first-order valence-corrected chi connectivity index (χ1v) is 9.70. The van der Waals surface area contributed by atoms with Crippen molar-refractivity contribution in [1.29, 1.82) is 0 Å². The molecule has 0 unspecified atom stereocenters. The van der Waals surface area contributed by atoms with Crippen LogP contribution in [0.15, 0.2) is 29.1 Å². The Bertz CT molecular complexity index is 1040. The van der Waals surface area contributed by atoms with Gasteiger partial charge in [-0.15, -0.1) is 5.10 Å². The van der Waals surface area contributed by atoms with Gasteiger partial charge in [-0.05, 0) is 55.1 Å². The van der Waals surface area contributed by atoms with Gasteiger partial charge >= 0.3 is 0 Å². The molecule has 0 spiro atoms. The number of para-hydroxylation sites is 1. The van der Waals surface area contributed by atoms with Crippen molar-refractivity contribution in [3.63, 3.8) is 0 Å². The van der Waals surface area contributed by atoms with Crippen LogP contribution >= 0.6 is 0 Å². The first kappa shape index (κ1) is 18.8. The van der Waals surface area contributed by atoms with Crippen LogP contribution in [-0.4, -0.2) is 51.5 Å². The molecular weight excluding hydrogens is 356 g/mol. The number of tetrazole rings is 1. The average Bonchev–Trinajstić information content (AvgIpc) is 3.14.